The van der Waals surface area contributed by atoms with Crippen LogP contribution in [0.1, 0.15) is 83.1 Å². The molecular weight excluding hydrogens is 342 g/mol. The number of rotatable bonds is 10. The van der Waals surface area contributed by atoms with Crippen LogP contribution in [0.25, 0.3) is 0 Å². The minimum atomic E-state index is -1.26. The third-order valence-corrected chi connectivity index (χ3v) is 4.39. The average Bonchev–Trinajstić information content (AvgIpc) is 2.54. The molecule has 5 nitrogen and oxygen atoms in total. The van der Waals surface area contributed by atoms with Crippen LogP contribution in [-0.2, 0) is 16.0 Å². The molecule has 0 fully saturated rings. The van der Waals surface area contributed by atoms with Gasteiger partial charge >= 0.3 is 5.97 Å². The van der Waals surface area contributed by atoms with Crippen molar-refractivity contribution in [3.63, 3.8) is 0 Å². The summed E-state index contributed by atoms with van der Waals surface area (Å²) in [6.45, 7) is 11.0. The number of carbonyl (C=O) groups excluding carboxylic acids is 2. The average molecular weight is 378 g/mol. The largest absolute Gasteiger partial charge is 0.458 e. The molecule has 0 aromatic heterocycles. The first-order valence-electron chi connectivity index (χ1n) is 9.94. The molecule has 1 N–H and O–H groups in total. The summed E-state index contributed by atoms with van der Waals surface area (Å²) in [5.74, 6) is -0.634. The van der Waals surface area contributed by atoms with Gasteiger partial charge in [-0.15, -0.1) is 0 Å². The Labute approximate surface area is 163 Å². The van der Waals surface area contributed by atoms with Crippen LogP contribution in [0.4, 0.5) is 0 Å². The number of amides is 1. The van der Waals surface area contributed by atoms with Gasteiger partial charge in [-0.25, -0.2) is 4.79 Å². The second kappa shape index (κ2) is 10.5. The zero-order valence-electron chi connectivity index (χ0n) is 17.6. The van der Waals surface area contributed by atoms with Crippen molar-refractivity contribution < 1.29 is 19.4 Å². The molecule has 1 aromatic rings. The maximum absolute atomic E-state index is 12.7. The molecule has 0 spiro atoms. The van der Waals surface area contributed by atoms with Gasteiger partial charge in [0.2, 0.25) is 5.91 Å². The number of aryl methyl sites for hydroxylation is 1. The number of benzene rings is 1. The molecule has 0 saturated heterocycles. The molecule has 1 aromatic carbocycles. The van der Waals surface area contributed by atoms with Crippen LogP contribution in [0.15, 0.2) is 24.3 Å². The fourth-order valence-corrected chi connectivity index (χ4v) is 3.36. The van der Waals surface area contributed by atoms with E-state index in [9.17, 15) is 14.7 Å². The Hall–Kier alpha value is -1.88. The van der Waals surface area contributed by atoms with Crippen molar-refractivity contribution in [3.8, 4) is 0 Å². The molecule has 5 heteroatoms. The fourth-order valence-electron chi connectivity index (χ4n) is 3.36. The van der Waals surface area contributed by atoms with Gasteiger partial charge < -0.3 is 14.7 Å². The summed E-state index contributed by atoms with van der Waals surface area (Å²) in [7, 11) is 0. The Morgan fingerprint density at radius 3 is 2.15 bits per heavy atom. The van der Waals surface area contributed by atoms with Gasteiger partial charge in [0, 0.05) is 6.04 Å². The van der Waals surface area contributed by atoms with Gasteiger partial charge in [-0.05, 0) is 58.2 Å². The van der Waals surface area contributed by atoms with Gasteiger partial charge in [0.05, 0.1) is 12.0 Å². The minimum absolute atomic E-state index is 0.0651. The van der Waals surface area contributed by atoms with Crippen LogP contribution < -0.4 is 0 Å². The highest BCUT2D eigenvalue weighted by Gasteiger charge is 2.32. The molecule has 0 radical (unpaired) electrons. The van der Waals surface area contributed by atoms with E-state index in [0.29, 0.717) is 12.0 Å². The SMILES string of the molecule is CCCc1ccc(C(=O)OC(CCC)CC(=O)N(C(C)C)C(C)(C)O)cc1. The molecule has 0 heterocycles. The highest BCUT2D eigenvalue weighted by molar-refractivity contribution is 5.89. The molecule has 1 unspecified atom stereocenters. The number of nitrogens with zero attached hydrogens (tertiary/aromatic N) is 1. The summed E-state index contributed by atoms with van der Waals surface area (Å²) in [6, 6.07) is 7.27. The first-order valence-corrected chi connectivity index (χ1v) is 9.94. The quantitative estimate of drug-likeness (QED) is 0.487. The predicted octanol–water partition coefficient (Wildman–Crippen LogP) is 4.32. The second-order valence-electron chi connectivity index (χ2n) is 7.82. The molecule has 0 bridgehead atoms. The van der Waals surface area contributed by atoms with Crippen molar-refractivity contribution in [2.24, 2.45) is 0 Å². The van der Waals surface area contributed by atoms with Crippen molar-refractivity contribution in [1.29, 1.82) is 0 Å². The molecule has 0 aliphatic heterocycles. The van der Waals surface area contributed by atoms with Crippen molar-refractivity contribution in [1.82, 2.24) is 4.90 Å². The van der Waals surface area contributed by atoms with Crippen molar-refractivity contribution in [2.75, 3.05) is 0 Å². The van der Waals surface area contributed by atoms with Gasteiger partial charge in [0.1, 0.15) is 11.8 Å². The van der Waals surface area contributed by atoms with Crippen LogP contribution in [0, 0.1) is 0 Å². The van der Waals surface area contributed by atoms with Gasteiger partial charge in [-0.2, -0.15) is 0 Å². The van der Waals surface area contributed by atoms with E-state index >= 15 is 0 Å². The first-order chi connectivity index (χ1) is 12.6. The Bertz CT molecular complexity index is 602. The zero-order valence-corrected chi connectivity index (χ0v) is 17.6. The van der Waals surface area contributed by atoms with Gasteiger partial charge in [-0.3, -0.25) is 4.79 Å². The van der Waals surface area contributed by atoms with E-state index in [1.165, 1.54) is 10.5 Å². The monoisotopic (exact) mass is 377 g/mol. The van der Waals surface area contributed by atoms with Crippen LogP contribution in [0.2, 0.25) is 0 Å². The predicted molar refractivity (Wildman–Crippen MR) is 107 cm³/mol. The van der Waals surface area contributed by atoms with Crippen LogP contribution in [0.5, 0.6) is 0 Å². The van der Waals surface area contributed by atoms with Crippen molar-refractivity contribution in [3.05, 3.63) is 35.4 Å². The lowest BCUT2D eigenvalue weighted by Gasteiger charge is -2.38. The molecule has 0 aliphatic carbocycles. The second-order valence-corrected chi connectivity index (χ2v) is 7.82. The number of ether oxygens (including phenoxy) is 1. The van der Waals surface area contributed by atoms with E-state index in [4.69, 9.17) is 4.74 Å². The third-order valence-electron chi connectivity index (χ3n) is 4.39. The Kier molecular flexibility index (Phi) is 8.97. The normalized spacial score (nSPS) is 12.7. The summed E-state index contributed by atoms with van der Waals surface area (Å²) in [5, 5.41) is 10.3. The maximum Gasteiger partial charge on any atom is 0.338 e. The summed E-state index contributed by atoms with van der Waals surface area (Å²) >= 11 is 0. The maximum atomic E-state index is 12.7. The Morgan fingerprint density at radius 1 is 1.11 bits per heavy atom. The van der Waals surface area contributed by atoms with E-state index in [0.717, 1.165) is 19.3 Å². The van der Waals surface area contributed by atoms with Crippen molar-refractivity contribution in [2.45, 2.75) is 91.5 Å². The number of hydrogen-bond donors (Lipinski definition) is 1. The topological polar surface area (TPSA) is 66.8 Å². The lowest BCUT2D eigenvalue weighted by atomic mass is 10.1. The Morgan fingerprint density at radius 2 is 1.70 bits per heavy atom. The number of aliphatic hydroxyl groups is 1. The van der Waals surface area contributed by atoms with E-state index in [1.807, 2.05) is 32.9 Å². The number of carbonyl (C=O) groups is 2. The van der Waals surface area contributed by atoms with Crippen LogP contribution in [0.3, 0.4) is 0 Å². The fraction of sp³-hybridized carbons (Fsp3) is 0.636. The summed E-state index contributed by atoms with van der Waals surface area (Å²) in [5.41, 5.74) is 0.417. The summed E-state index contributed by atoms with van der Waals surface area (Å²) in [4.78, 5) is 26.6. The summed E-state index contributed by atoms with van der Waals surface area (Å²) < 4.78 is 5.62. The van der Waals surface area contributed by atoms with Crippen LogP contribution in [-0.4, -0.2) is 39.8 Å². The van der Waals surface area contributed by atoms with Gasteiger partial charge in [0.15, 0.2) is 0 Å². The molecule has 1 atom stereocenters. The highest BCUT2D eigenvalue weighted by atomic mass is 16.5. The van der Waals surface area contributed by atoms with Crippen molar-refractivity contribution >= 4 is 11.9 Å². The van der Waals surface area contributed by atoms with Gasteiger partial charge in [0.25, 0.3) is 0 Å². The molecule has 1 amide bonds. The molecule has 152 valence electrons. The molecule has 1 rings (SSSR count). The number of hydrogen-bond acceptors (Lipinski definition) is 4. The molecular formula is C22H35NO4. The first kappa shape index (κ1) is 23.2. The standard InChI is InChI=1S/C22H35NO4/c1-7-9-17-11-13-18(14-12-17)21(25)27-19(10-8-2)15-20(24)23(16(3)4)22(5,6)26/h11-14,16,19,26H,7-10,15H2,1-6H3. The van der Waals surface area contributed by atoms with E-state index in [-0.39, 0.29) is 18.4 Å². The minimum Gasteiger partial charge on any atom is -0.458 e. The molecule has 27 heavy (non-hydrogen) atoms. The zero-order chi connectivity index (χ0) is 20.6. The highest BCUT2D eigenvalue weighted by Crippen LogP contribution is 2.20. The summed E-state index contributed by atoms with van der Waals surface area (Å²) in [6.07, 6.45) is 2.99. The molecule has 0 saturated carbocycles. The number of esters is 1. The van der Waals surface area contributed by atoms with E-state index < -0.39 is 17.8 Å². The third kappa shape index (κ3) is 7.33. The Balaban J connectivity index is 2.82. The van der Waals surface area contributed by atoms with Gasteiger partial charge in [-0.1, -0.05) is 38.8 Å². The lowest BCUT2D eigenvalue weighted by Crippen LogP contribution is -2.52. The lowest BCUT2D eigenvalue weighted by molar-refractivity contribution is -0.160. The van der Waals surface area contributed by atoms with Crippen LogP contribution >= 0.6 is 0 Å². The smallest absolute Gasteiger partial charge is 0.338 e. The molecule has 0 aliphatic rings. The van der Waals surface area contributed by atoms with E-state index in [2.05, 4.69) is 6.92 Å². The van der Waals surface area contributed by atoms with E-state index in [1.54, 1.807) is 26.0 Å².